The van der Waals surface area contributed by atoms with Gasteiger partial charge in [0.05, 0.1) is 6.10 Å². The normalized spacial score (nSPS) is 16.9. The lowest BCUT2D eigenvalue weighted by molar-refractivity contribution is 0.0645. The van der Waals surface area contributed by atoms with Crippen LogP contribution in [0, 0.1) is 5.92 Å². The summed E-state index contributed by atoms with van der Waals surface area (Å²) in [5.74, 6) is 0.381. The van der Waals surface area contributed by atoms with Gasteiger partial charge in [-0.25, -0.2) is 0 Å². The van der Waals surface area contributed by atoms with E-state index in [1.165, 1.54) is 0 Å². The summed E-state index contributed by atoms with van der Waals surface area (Å²) in [7, 11) is 1.74. The minimum atomic E-state index is -0.363. The number of benzene rings is 1. The molecule has 86 valence electrons. The quantitative estimate of drug-likeness (QED) is 0.834. The fourth-order valence-electron chi connectivity index (χ4n) is 1.79. The van der Waals surface area contributed by atoms with Gasteiger partial charge in [-0.3, -0.25) is 4.79 Å². The van der Waals surface area contributed by atoms with E-state index in [9.17, 15) is 9.90 Å². The van der Waals surface area contributed by atoms with Crippen molar-refractivity contribution in [3.05, 3.63) is 35.9 Å². The maximum atomic E-state index is 11.9. The Kier molecular flexibility index (Phi) is 3.25. The Labute approximate surface area is 95.7 Å². The van der Waals surface area contributed by atoms with Gasteiger partial charge in [0.1, 0.15) is 0 Å². The van der Waals surface area contributed by atoms with Gasteiger partial charge in [0.25, 0.3) is 5.91 Å². The van der Waals surface area contributed by atoms with Gasteiger partial charge < -0.3 is 10.0 Å². The molecule has 1 aliphatic carbocycles. The molecule has 0 spiro atoms. The standard InChI is InChI=1S/C13H17NO2/c1-14(9-12(15)10-7-8-10)13(16)11-5-3-2-4-6-11/h2-6,10,12,15H,7-9H2,1H3. The topological polar surface area (TPSA) is 40.5 Å². The Morgan fingerprint density at radius 3 is 2.62 bits per heavy atom. The molecule has 0 heterocycles. The van der Waals surface area contributed by atoms with Crippen LogP contribution in [0.25, 0.3) is 0 Å². The number of amides is 1. The third kappa shape index (κ3) is 2.61. The zero-order chi connectivity index (χ0) is 11.5. The maximum absolute atomic E-state index is 11.9. The van der Waals surface area contributed by atoms with Crippen molar-refractivity contribution in [1.82, 2.24) is 4.90 Å². The number of rotatable bonds is 4. The summed E-state index contributed by atoms with van der Waals surface area (Å²) in [5.41, 5.74) is 0.674. The van der Waals surface area contributed by atoms with Crippen LogP contribution in [0.15, 0.2) is 30.3 Å². The Balaban J connectivity index is 1.93. The molecular weight excluding hydrogens is 202 g/mol. The zero-order valence-corrected chi connectivity index (χ0v) is 9.47. The van der Waals surface area contributed by atoms with Crippen molar-refractivity contribution in [3.8, 4) is 0 Å². The predicted octanol–water partition coefficient (Wildman–Crippen LogP) is 1.53. The summed E-state index contributed by atoms with van der Waals surface area (Å²) in [6.07, 6.45) is 1.82. The second-order valence-corrected chi connectivity index (χ2v) is 4.46. The van der Waals surface area contributed by atoms with Crippen molar-refractivity contribution in [2.75, 3.05) is 13.6 Å². The molecule has 1 atom stereocenters. The van der Waals surface area contributed by atoms with Crippen molar-refractivity contribution in [1.29, 1.82) is 0 Å². The summed E-state index contributed by atoms with van der Waals surface area (Å²) >= 11 is 0. The molecule has 0 saturated heterocycles. The third-order valence-electron chi connectivity index (χ3n) is 2.99. The average molecular weight is 219 g/mol. The molecule has 1 saturated carbocycles. The van der Waals surface area contributed by atoms with E-state index < -0.39 is 0 Å². The van der Waals surface area contributed by atoms with Gasteiger partial charge >= 0.3 is 0 Å². The number of carbonyl (C=O) groups is 1. The van der Waals surface area contributed by atoms with Crippen molar-refractivity contribution >= 4 is 5.91 Å². The number of aliphatic hydroxyl groups is 1. The first kappa shape index (κ1) is 11.1. The van der Waals surface area contributed by atoms with Crippen LogP contribution in [0.2, 0.25) is 0 Å². The molecule has 1 aliphatic rings. The molecule has 3 heteroatoms. The van der Waals surface area contributed by atoms with Crippen molar-refractivity contribution < 1.29 is 9.90 Å². The largest absolute Gasteiger partial charge is 0.391 e. The maximum Gasteiger partial charge on any atom is 0.253 e. The Bertz CT molecular complexity index is 359. The molecule has 3 nitrogen and oxygen atoms in total. The predicted molar refractivity (Wildman–Crippen MR) is 62.1 cm³/mol. The summed E-state index contributed by atoms with van der Waals surface area (Å²) in [6, 6.07) is 9.16. The zero-order valence-electron chi connectivity index (χ0n) is 9.47. The van der Waals surface area contributed by atoms with E-state index in [1.807, 2.05) is 18.2 Å². The van der Waals surface area contributed by atoms with E-state index in [0.29, 0.717) is 18.0 Å². The van der Waals surface area contributed by atoms with Crippen LogP contribution >= 0.6 is 0 Å². The molecule has 1 aromatic rings. The van der Waals surface area contributed by atoms with E-state index in [1.54, 1.807) is 24.1 Å². The Morgan fingerprint density at radius 2 is 2.06 bits per heavy atom. The summed E-state index contributed by atoms with van der Waals surface area (Å²) < 4.78 is 0. The van der Waals surface area contributed by atoms with Crippen LogP contribution in [0.3, 0.4) is 0 Å². The van der Waals surface area contributed by atoms with Gasteiger partial charge in [-0.15, -0.1) is 0 Å². The SMILES string of the molecule is CN(CC(O)C1CC1)C(=O)c1ccccc1. The highest BCUT2D eigenvalue weighted by Gasteiger charge is 2.31. The molecule has 0 aromatic heterocycles. The number of aliphatic hydroxyl groups excluding tert-OH is 1. The summed E-state index contributed by atoms with van der Waals surface area (Å²) in [4.78, 5) is 13.5. The van der Waals surface area contributed by atoms with Gasteiger partial charge in [0.2, 0.25) is 0 Å². The van der Waals surface area contributed by atoms with Gasteiger partial charge in [-0.2, -0.15) is 0 Å². The van der Waals surface area contributed by atoms with Crippen molar-refractivity contribution in [2.24, 2.45) is 5.92 Å². The minimum Gasteiger partial charge on any atom is -0.391 e. The summed E-state index contributed by atoms with van der Waals surface area (Å²) in [6.45, 7) is 0.429. The molecule has 1 unspecified atom stereocenters. The number of likely N-dealkylation sites (N-methyl/N-ethyl adjacent to an activating group) is 1. The van der Waals surface area contributed by atoms with Crippen molar-refractivity contribution in [3.63, 3.8) is 0 Å². The van der Waals surface area contributed by atoms with E-state index in [4.69, 9.17) is 0 Å². The highest BCUT2D eigenvalue weighted by Crippen LogP contribution is 2.32. The molecular formula is C13H17NO2. The molecule has 0 radical (unpaired) electrons. The minimum absolute atomic E-state index is 0.0275. The first-order valence-corrected chi connectivity index (χ1v) is 5.67. The fourth-order valence-corrected chi connectivity index (χ4v) is 1.79. The smallest absolute Gasteiger partial charge is 0.253 e. The first-order valence-electron chi connectivity index (χ1n) is 5.67. The number of hydrogen-bond donors (Lipinski definition) is 1. The van der Waals surface area contributed by atoms with Crippen molar-refractivity contribution in [2.45, 2.75) is 18.9 Å². The highest BCUT2D eigenvalue weighted by molar-refractivity contribution is 5.93. The number of carbonyl (C=O) groups excluding carboxylic acids is 1. The molecule has 1 amide bonds. The number of hydrogen-bond acceptors (Lipinski definition) is 2. The third-order valence-corrected chi connectivity index (χ3v) is 2.99. The second kappa shape index (κ2) is 4.66. The van der Waals surface area contributed by atoms with Crippen LogP contribution < -0.4 is 0 Å². The molecule has 16 heavy (non-hydrogen) atoms. The lowest BCUT2D eigenvalue weighted by Gasteiger charge is -2.20. The fraction of sp³-hybridized carbons (Fsp3) is 0.462. The molecule has 0 bridgehead atoms. The molecule has 2 rings (SSSR count). The monoisotopic (exact) mass is 219 g/mol. The van der Waals surface area contributed by atoms with Gasteiger partial charge in [0.15, 0.2) is 0 Å². The van der Waals surface area contributed by atoms with Crippen LogP contribution in [-0.2, 0) is 0 Å². The van der Waals surface area contributed by atoms with Gasteiger partial charge in [-0.1, -0.05) is 18.2 Å². The van der Waals surface area contributed by atoms with Crippen LogP contribution in [-0.4, -0.2) is 35.6 Å². The molecule has 1 aromatic carbocycles. The van der Waals surface area contributed by atoms with E-state index in [0.717, 1.165) is 12.8 Å². The van der Waals surface area contributed by atoms with Gasteiger partial charge in [-0.05, 0) is 30.9 Å². The van der Waals surface area contributed by atoms with Crippen LogP contribution in [0.1, 0.15) is 23.2 Å². The van der Waals surface area contributed by atoms with Crippen LogP contribution in [0.4, 0.5) is 0 Å². The second-order valence-electron chi connectivity index (χ2n) is 4.46. The number of nitrogens with zero attached hydrogens (tertiary/aromatic N) is 1. The summed E-state index contributed by atoms with van der Waals surface area (Å²) in [5, 5.41) is 9.76. The molecule has 1 N–H and O–H groups in total. The van der Waals surface area contributed by atoms with E-state index in [2.05, 4.69) is 0 Å². The molecule has 0 aliphatic heterocycles. The Morgan fingerprint density at radius 1 is 1.44 bits per heavy atom. The lowest BCUT2D eigenvalue weighted by atomic mass is 10.2. The van der Waals surface area contributed by atoms with E-state index in [-0.39, 0.29) is 12.0 Å². The lowest BCUT2D eigenvalue weighted by Crippen LogP contribution is -2.35. The van der Waals surface area contributed by atoms with Crippen LogP contribution in [0.5, 0.6) is 0 Å². The first-order chi connectivity index (χ1) is 7.68. The Hall–Kier alpha value is -1.35. The van der Waals surface area contributed by atoms with Gasteiger partial charge in [0, 0.05) is 19.2 Å². The van der Waals surface area contributed by atoms with E-state index >= 15 is 0 Å². The highest BCUT2D eigenvalue weighted by atomic mass is 16.3. The average Bonchev–Trinajstić information content (AvgIpc) is 3.13. The molecule has 1 fully saturated rings.